The summed E-state index contributed by atoms with van der Waals surface area (Å²) in [5, 5.41) is 0. The highest BCUT2D eigenvalue weighted by molar-refractivity contribution is 5.72. The molecule has 22 heavy (non-hydrogen) atoms. The molecule has 0 saturated heterocycles. The summed E-state index contributed by atoms with van der Waals surface area (Å²) < 4.78 is 10.6. The van der Waals surface area contributed by atoms with Crippen LogP contribution < -0.4 is 0 Å². The molecule has 130 valence electrons. The molecular formula is C18H34O4. The van der Waals surface area contributed by atoms with E-state index < -0.39 is 0 Å². The zero-order valence-electron chi connectivity index (χ0n) is 14.7. The molecule has 1 unspecified atom stereocenters. The first-order valence-corrected chi connectivity index (χ1v) is 8.99. The number of carbonyl (C=O) groups excluding carboxylic acids is 2. The van der Waals surface area contributed by atoms with Gasteiger partial charge in [-0.25, -0.2) is 0 Å². The van der Waals surface area contributed by atoms with Gasteiger partial charge in [0.05, 0.1) is 6.61 Å². The smallest absolute Gasteiger partial charge is 0.306 e. The maximum Gasteiger partial charge on any atom is 0.306 e. The minimum atomic E-state index is -0.209. The number of rotatable bonds is 14. The molecule has 4 nitrogen and oxygen atoms in total. The lowest BCUT2D eigenvalue weighted by molar-refractivity contribution is -0.150. The van der Waals surface area contributed by atoms with Gasteiger partial charge in [0.2, 0.25) is 0 Å². The quantitative estimate of drug-likeness (QED) is 0.341. The molecule has 0 radical (unpaired) electrons. The van der Waals surface area contributed by atoms with Crippen molar-refractivity contribution in [1.29, 1.82) is 0 Å². The minimum Gasteiger partial charge on any atom is -0.466 e. The second kappa shape index (κ2) is 14.9. The molecule has 0 amide bonds. The minimum absolute atomic E-state index is 0.0278. The van der Waals surface area contributed by atoms with Crippen molar-refractivity contribution in [3.63, 3.8) is 0 Å². The molecule has 0 rings (SSSR count). The Kier molecular flexibility index (Phi) is 14.1. The molecule has 0 heterocycles. The van der Waals surface area contributed by atoms with Crippen LogP contribution in [0.5, 0.6) is 0 Å². The van der Waals surface area contributed by atoms with E-state index in [-0.39, 0.29) is 18.0 Å². The highest BCUT2D eigenvalue weighted by atomic mass is 16.5. The molecule has 0 saturated carbocycles. The van der Waals surface area contributed by atoms with Gasteiger partial charge < -0.3 is 9.47 Å². The summed E-state index contributed by atoms with van der Waals surface area (Å²) in [7, 11) is 0. The van der Waals surface area contributed by atoms with Crippen LogP contribution in [-0.4, -0.2) is 24.6 Å². The maximum absolute atomic E-state index is 11.8. The van der Waals surface area contributed by atoms with Crippen LogP contribution in [0.15, 0.2) is 0 Å². The molecule has 0 aliphatic heterocycles. The van der Waals surface area contributed by atoms with Crippen molar-refractivity contribution in [2.24, 2.45) is 0 Å². The lowest BCUT2D eigenvalue weighted by Gasteiger charge is -2.15. The second-order valence-corrected chi connectivity index (χ2v) is 5.80. The van der Waals surface area contributed by atoms with Crippen molar-refractivity contribution >= 4 is 11.9 Å². The fourth-order valence-electron chi connectivity index (χ4n) is 2.20. The van der Waals surface area contributed by atoms with Crippen LogP contribution in [0.1, 0.15) is 91.4 Å². The van der Waals surface area contributed by atoms with Gasteiger partial charge in [-0.1, -0.05) is 46.5 Å². The van der Waals surface area contributed by atoms with Gasteiger partial charge in [0.25, 0.3) is 0 Å². The third-order valence-electron chi connectivity index (χ3n) is 3.66. The fraction of sp³-hybridized carbons (Fsp3) is 0.889. The molecule has 0 aromatic heterocycles. The van der Waals surface area contributed by atoms with Crippen LogP contribution in [-0.2, 0) is 19.1 Å². The molecule has 0 aromatic carbocycles. The molecule has 0 fully saturated rings. The number of hydrogen-bond donors (Lipinski definition) is 0. The Morgan fingerprint density at radius 3 is 2.09 bits per heavy atom. The number of ether oxygens (including phenoxy) is 2. The van der Waals surface area contributed by atoms with E-state index in [0.29, 0.717) is 25.9 Å². The fourth-order valence-corrected chi connectivity index (χ4v) is 2.20. The van der Waals surface area contributed by atoms with Crippen molar-refractivity contribution in [1.82, 2.24) is 0 Å². The Balaban J connectivity index is 3.67. The molecule has 4 heteroatoms. The maximum atomic E-state index is 11.8. The molecular weight excluding hydrogens is 280 g/mol. The molecule has 0 aliphatic rings. The first-order chi connectivity index (χ1) is 10.6. The number of hydrogen-bond acceptors (Lipinski definition) is 4. The standard InChI is InChI=1S/C18H34O4/c1-4-7-9-12-16(6-3)22-18(20)14-11-13-17(19)21-15-10-8-5-2/h16H,4-15H2,1-3H3. The lowest BCUT2D eigenvalue weighted by atomic mass is 10.1. The average molecular weight is 314 g/mol. The zero-order chi connectivity index (χ0) is 16.6. The van der Waals surface area contributed by atoms with E-state index in [2.05, 4.69) is 13.8 Å². The third-order valence-corrected chi connectivity index (χ3v) is 3.66. The van der Waals surface area contributed by atoms with Crippen LogP contribution in [0.3, 0.4) is 0 Å². The van der Waals surface area contributed by atoms with E-state index in [9.17, 15) is 9.59 Å². The molecule has 0 N–H and O–H groups in total. The first kappa shape index (κ1) is 20.9. The second-order valence-electron chi connectivity index (χ2n) is 5.80. The average Bonchev–Trinajstić information content (AvgIpc) is 2.50. The van der Waals surface area contributed by atoms with Crippen LogP contribution >= 0.6 is 0 Å². The Morgan fingerprint density at radius 1 is 0.818 bits per heavy atom. The van der Waals surface area contributed by atoms with Crippen LogP contribution in [0.25, 0.3) is 0 Å². The number of esters is 2. The Labute approximate surface area is 135 Å². The predicted octanol–water partition coefficient (Wildman–Crippen LogP) is 4.79. The summed E-state index contributed by atoms with van der Waals surface area (Å²) in [6.45, 7) is 6.80. The Bertz CT molecular complexity index is 289. The number of carbonyl (C=O) groups is 2. The van der Waals surface area contributed by atoms with Gasteiger partial charge in [-0.15, -0.1) is 0 Å². The van der Waals surface area contributed by atoms with E-state index >= 15 is 0 Å². The summed E-state index contributed by atoms with van der Waals surface area (Å²) in [6, 6.07) is 0. The van der Waals surface area contributed by atoms with Gasteiger partial charge in [-0.05, 0) is 32.1 Å². The molecule has 0 spiro atoms. The van der Waals surface area contributed by atoms with Gasteiger partial charge >= 0.3 is 11.9 Å². The summed E-state index contributed by atoms with van der Waals surface area (Å²) in [6.07, 6.45) is 9.50. The third kappa shape index (κ3) is 12.7. The monoisotopic (exact) mass is 314 g/mol. The van der Waals surface area contributed by atoms with Gasteiger partial charge in [-0.3, -0.25) is 9.59 Å². The topological polar surface area (TPSA) is 52.6 Å². The van der Waals surface area contributed by atoms with Crippen molar-refractivity contribution in [3.8, 4) is 0 Å². The molecule has 0 aromatic rings. The molecule has 1 atom stereocenters. The molecule has 0 bridgehead atoms. The van der Waals surface area contributed by atoms with Crippen molar-refractivity contribution in [2.75, 3.05) is 6.61 Å². The van der Waals surface area contributed by atoms with Gasteiger partial charge in [0.1, 0.15) is 6.10 Å². The summed E-state index contributed by atoms with van der Waals surface area (Å²) in [5.41, 5.74) is 0. The van der Waals surface area contributed by atoms with E-state index in [1.54, 1.807) is 0 Å². The van der Waals surface area contributed by atoms with E-state index in [0.717, 1.165) is 38.5 Å². The lowest BCUT2D eigenvalue weighted by Crippen LogP contribution is -2.17. The zero-order valence-corrected chi connectivity index (χ0v) is 14.7. The van der Waals surface area contributed by atoms with Crippen molar-refractivity contribution < 1.29 is 19.1 Å². The Morgan fingerprint density at radius 2 is 1.45 bits per heavy atom. The highest BCUT2D eigenvalue weighted by Crippen LogP contribution is 2.12. The summed E-state index contributed by atoms with van der Waals surface area (Å²) >= 11 is 0. The SMILES string of the molecule is CCCCCOC(=O)CCCC(=O)OC(CC)CCCCC. The highest BCUT2D eigenvalue weighted by Gasteiger charge is 2.13. The summed E-state index contributed by atoms with van der Waals surface area (Å²) in [5.74, 6) is -0.402. The molecule has 0 aliphatic carbocycles. The van der Waals surface area contributed by atoms with E-state index in [4.69, 9.17) is 9.47 Å². The first-order valence-electron chi connectivity index (χ1n) is 8.99. The Hall–Kier alpha value is -1.06. The van der Waals surface area contributed by atoms with Gasteiger partial charge in [-0.2, -0.15) is 0 Å². The van der Waals surface area contributed by atoms with E-state index in [1.807, 2.05) is 6.92 Å². The van der Waals surface area contributed by atoms with Crippen LogP contribution in [0.2, 0.25) is 0 Å². The van der Waals surface area contributed by atoms with Crippen LogP contribution in [0.4, 0.5) is 0 Å². The van der Waals surface area contributed by atoms with Gasteiger partial charge in [0, 0.05) is 12.8 Å². The summed E-state index contributed by atoms with van der Waals surface area (Å²) in [4.78, 5) is 23.2. The van der Waals surface area contributed by atoms with Crippen LogP contribution in [0, 0.1) is 0 Å². The van der Waals surface area contributed by atoms with Gasteiger partial charge in [0.15, 0.2) is 0 Å². The van der Waals surface area contributed by atoms with Crippen molar-refractivity contribution in [3.05, 3.63) is 0 Å². The van der Waals surface area contributed by atoms with E-state index in [1.165, 1.54) is 12.8 Å². The largest absolute Gasteiger partial charge is 0.466 e. The predicted molar refractivity (Wildman–Crippen MR) is 88.6 cm³/mol. The number of unbranched alkanes of at least 4 members (excludes halogenated alkanes) is 4. The normalized spacial score (nSPS) is 12.0. The van der Waals surface area contributed by atoms with Crippen molar-refractivity contribution in [2.45, 2.75) is 97.5 Å².